The van der Waals surface area contributed by atoms with Crippen LogP contribution in [0.5, 0.6) is 11.5 Å². The highest BCUT2D eigenvalue weighted by Crippen LogP contribution is 2.31. The maximum absolute atomic E-state index is 14.1. The van der Waals surface area contributed by atoms with Crippen molar-refractivity contribution in [3.63, 3.8) is 0 Å². The Balaban J connectivity index is 1.67. The van der Waals surface area contributed by atoms with Crippen molar-refractivity contribution in [2.45, 2.75) is 13.1 Å². The number of nitrogens with zero attached hydrogens (tertiary/aromatic N) is 1. The standard InChI is InChI=1S/C24H22FN3O5/c1-31-21-11-15-10-16(23(29)26-20(15)12-22(21)32-2)13-28(14-17-6-5-9-33-17)24(30)27-19-8-4-3-7-18(19)25/h3-12H,13-14H2,1-2H3,(H,26,29)(H,27,30). The monoisotopic (exact) mass is 451 g/mol. The maximum atomic E-state index is 14.1. The summed E-state index contributed by atoms with van der Waals surface area (Å²) >= 11 is 0. The number of halogens is 1. The van der Waals surface area contributed by atoms with Gasteiger partial charge in [0.2, 0.25) is 0 Å². The number of hydrogen-bond acceptors (Lipinski definition) is 5. The van der Waals surface area contributed by atoms with Crippen molar-refractivity contribution in [3.8, 4) is 11.5 Å². The Morgan fingerprint density at radius 3 is 2.52 bits per heavy atom. The molecule has 0 unspecified atom stereocenters. The van der Waals surface area contributed by atoms with Gasteiger partial charge < -0.3 is 29.1 Å². The number of fused-ring (bicyclic) bond motifs is 1. The van der Waals surface area contributed by atoms with E-state index in [1.165, 1.54) is 43.6 Å². The third kappa shape index (κ3) is 4.82. The van der Waals surface area contributed by atoms with Crippen LogP contribution in [0.25, 0.3) is 10.9 Å². The summed E-state index contributed by atoms with van der Waals surface area (Å²) in [4.78, 5) is 30.0. The van der Waals surface area contributed by atoms with Crippen molar-refractivity contribution < 1.29 is 23.1 Å². The van der Waals surface area contributed by atoms with Crippen LogP contribution in [0.3, 0.4) is 0 Å². The molecule has 0 aliphatic rings. The van der Waals surface area contributed by atoms with Crippen LogP contribution in [0.15, 0.2) is 70.1 Å². The number of hydrogen-bond donors (Lipinski definition) is 2. The minimum Gasteiger partial charge on any atom is -0.493 e. The van der Waals surface area contributed by atoms with E-state index in [1.54, 1.807) is 36.4 Å². The van der Waals surface area contributed by atoms with Crippen molar-refractivity contribution in [1.29, 1.82) is 0 Å². The molecule has 8 nitrogen and oxygen atoms in total. The van der Waals surface area contributed by atoms with Crippen molar-refractivity contribution >= 4 is 22.6 Å². The zero-order valence-electron chi connectivity index (χ0n) is 18.1. The van der Waals surface area contributed by atoms with Gasteiger partial charge in [-0.15, -0.1) is 0 Å². The number of pyridine rings is 1. The first-order chi connectivity index (χ1) is 16.0. The second-order valence-corrected chi connectivity index (χ2v) is 7.26. The van der Waals surface area contributed by atoms with Gasteiger partial charge in [-0.3, -0.25) is 4.79 Å². The summed E-state index contributed by atoms with van der Waals surface area (Å²) in [5, 5.41) is 3.26. The van der Waals surface area contributed by atoms with Crippen molar-refractivity contribution in [2.75, 3.05) is 19.5 Å². The number of furan rings is 1. The maximum Gasteiger partial charge on any atom is 0.322 e. The van der Waals surface area contributed by atoms with E-state index < -0.39 is 11.8 Å². The molecular formula is C24H22FN3O5. The lowest BCUT2D eigenvalue weighted by atomic mass is 10.1. The van der Waals surface area contributed by atoms with Gasteiger partial charge in [0.05, 0.1) is 44.8 Å². The summed E-state index contributed by atoms with van der Waals surface area (Å²) in [5.41, 5.74) is 0.578. The minimum atomic E-state index is -0.580. The molecule has 170 valence electrons. The third-order valence-electron chi connectivity index (χ3n) is 5.12. The van der Waals surface area contributed by atoms with E-state index in [-0.39, 0.29) is 24.3 Å². The Morgan fingerprint density at radius 2 is 1.82 bits per heavy atom. The number of aromatic amines is 1. The molecule has 0 saturated heterocycles. The number of benzene rings is 2. The molecule has 9 heteroatoms. The number of urea groups is 1. The fourth-order valence-corrected chi connectivity index (χ4v) is 3.45. The average Bonchev–Trinajstić information content (AvgIpc) is 3.33. The number of amides is 2. The number of carbonyl (C=O) groups excluding carboxylic acids is 1. The molecule has 0 atom stereocenters. The van der Waals surface area contributed by atoms with Crippen molar-refractivity contribution in [3.05, 3.63) is 88.4 Å². The van der Waals surface area contributed by atoms with Gasteiger partial charge in [0.25, 0.3) is 5.56 Å². The summed E-state index contributed by atoms with van der Waals surface area (Å²) in [6.45, 7) is 0.0390. The van der Waals surface area contributed by atoms with Crippen LogP contribution in [0, 0.1) is 5.82 Å². The number of para-hydroxylation sites is 1. The summed E-state index contributed by atoms with van der Waals surface area (Å²) in [7, 11) is 3.03. The highest BCUT2D eigenvalue weighted by Gasteiger charge is 2.19. The summed E-state index contributed by atoms with van der Waals surface area (Å²) < 4.78 is 30.1. The van der Waals surface area contributed by atoms with Gasteiger partial charge >= 0.3 is 6.03 Å². The van der Waals surface area contributed by atoms with E-state index in [0.29, 0.717) is 33.7 Å². The number of H-pyrrole nitrogens is 1. The smallest absolute Gasteiger partial charge is 0.322 e. The summed E-state index contributed by atoms with van der Waals surface area (Å²) in [5.74, 6) is 0.945. The number of anilines is 1. The molecule has 2 amide bonds. The molecular weight excluding hydrogens is 429 g/mol. The van der Waals surface area contributed by atoms with Gasteiger partial charge in [-0.1, -0.05) is 12.1 Å². The van der Waals surface area contributed by atoms with Crippen molar-refractivity contribution in [1.82, 2.24) is 9.88 Å². The lowest BCUT2D eigenvalue weighted by molar-refractivity contribution is 0.201. The van der Waals surface area contributed by atoms with Crippen LogP contribution in [0.2, 0.25) is 0 Å². The molecule has 0 fully saturated rings. The van der Waals surface area contributed by atoms with E-state index in [4.69, 9.17) is 13.9 Å². The first-order valence-electron chi connectivity index (χ1n) is 10.1. The first kappa shape index (κ1) is 21.9. The molecule has 0 spiro atoms. The molecule has 2 N–H and O–H groups in total. The summed E-state index contributed by atoms with van der Waals surface area (Å²) in [6, 6.07) is 13.8. The highest BCUT2D eigenvalue weighted by molar-refractivity contribution is 5.89. The molecule has 0 radical (unpaired) electrons. The SMILES string of the molecule is COc1cc2cc(CN(Cc3ccco3)C(=O)Nc3ccccc3F)c(=O)[nH]c2cc1OC. The van der Waals surface area contributed by atoms with E-state index in [9.17, 15) is 14.0 Å². The van der Waals surface area contributed by atoms with Gasteiger partial charge in [-0.05, 0) is 36.4 Å². The quantitative estimate of drug-likeness (QED) is 0.431. The normalized spacial score (nSPS) is 10.8. The molecule has 4 rings (SSSR count). The van der Waals surface area contributed by atoms with E-state index in [2.05, 4.69) is 10.3 Å². The molecule has 2 aromatic carbocycles. The zero-order chi connectivity index (χ0) is 23.4. The predicted molar refractivity (Wildman–Crippen MR) is 121 cm³/mol. The van der Waals surface area contributed by atoms with Gasteiger partial charge in [0.15, 0.2) is 11.5 Å². The van der Waals surface area contributed by atoms with Gasteiger partial charge in [-0.2, -0.15) is 0 Å². The first-order valence-corrected chi connectivity index (χ1v) is 10.1. The van der Waals surface area contributed by atoms with Crippen LogP contribution in [0.1, 0.15) is 11.3 Å². The number of aromatic nitrogens is 1. The lowest BCUT2D eigenvalue weighted by Crippen LogP contribution is -2.35. The molecule has 0 bridgehead atoms. The van der Waals surface area contributed by atoms with Crippen molar-refractivity contribution in [2.24, 2.45) is 0 Å². The largest absolute Gasteiger partial charge is 0.493 e. The van der Waals surface area contributed by atoms with E-state index >= 15 is 0 Å². The number of ether oxygens (including phenoxy) is 2. The number of nitrogens with one attached hydrogen (secondary N) is 2. The lowest BCUT2D eigenvalue weighted by Gasteiger charge is -2.22. The average molecular weight is 451 g/mol. The Bertz CT molecular complexity index is 1330. The minimum absolute atomic E-state index is 0.0381. The van der Waals surface area contributed by atoms with Gasteiger partial charge in [0, 0.05) is 17.0 Å². The Hall–Kier alpha value is -4.27. The molecule has 2 heterocycles. The molecule has 0 aliphatic heterocycles. The Morgan fingerprint density at radius 1 is 1.06 bits per heavy atom. The molecule has 4 aromatic rings. The predicted octanol–water partition coefficient (Wildman–Crippen LogP) is 4.51. The van der Waals surface area contributed by atoms with Crippen LogP contribution >= 0.6 is 0 Å². The second-order valence-electron chi connectivity index (χ2n) is 7.26. The van der Waals surface area contributed by atoms with Crippen LogP contribution < -0.4 is 20.3 Å². The molecule has 2 aromatic heterocycles. The summed E-state index contributed by atoms with van der Waals surface area (Å²) in [6.07, 6.45) is 1.49. The zero-order valence-corrected chi connectivity index (χ0v) is 18.1. The fourth-order valence-electron chi connectivity index (χ4n) is 3.45. The van der Waals surface area contributed by atoms with Gasteiger partial charge in [0.1, 0.15) is 11.6 Å². The topological polar surface area (TPSA) is 96.8 Å². The molecule has 0 aliphatic carbocycles. The van der Waals surface area contributed by atoms with Crippen LogP contribution in [-0.4, -0.2) is 30.1 Å². The van der Waals surface area contributed by atoms with E-state index in [1.807, 2.05) is 0 Å². The molecule has 33 heavy (non-hydrogen) atoms. The Kier molecular flexibility index (Phi) is 6.30. The number of carbonyl (C=O) groups is 1. The Labute approximate surface area is 188 Å². The van der Waals surface area contributed by atoms with Crippen LogP contribution in [0.4, 0.5) is 14.9 Å². The number of rotatable bonds is 7. The number of methoxy groups -OCH3 is 2. The van der Waals surface area contributed by atoms with Gasteiger partial charge in [-0.25, -0.2) is 9.18 Å². The second kappa shape index (κ2) is 9.47. The highest BCUT2D eigenvalue weighted by atomic mass is 19.1. The fraction of sp³-hybridized carbons (Fsp3) is 0.167. The van der Waals surface area contributed by atoms with Crippen LogP contribution in [-0.2, 0) is 13.1 Å². The molecule has 0 saturated carbocycles. The third-order valence-corrected chi connectivity index (χ3v) is 5.12. The van der Waals surface area contributed by atoms with E-state index in [0.717, 1.165) is 0 Å².